The first kappa shape index (κ1) is 25.0. The van der Waals surface area contributed by atoms with Crippen molar-refractivity contribution >= 4 is 5.97 Å². The van der Waals surface area contributed by atoms with E-state index < -0.39 is 11.2 Å². The number of epoxide rings is 1. The van der Waals surface area contributed by atoms with Gasteiger partial charge in [0.25, 0.3) is 0 Å². The van der Waals surface area contributed by atoms with E-state index in [0.717, 1.165) is 61.2 Å². The van der Waals surface area contributed by atoms with Crippen molar-refractivity contribution in [2.75, 3.05) is 13.7 Å². The molecule has 2 saturated heterocycles. The molecular formula is C30H36O6. The third-order valence-electron chi connectivity index (χ3n) is 8.04. The summed E-state index contributed by atoms with van der Waals surface area (Å²) < 4.78 is 29.6. The normalized spacial score (nSPS) is 31.2. The third-order valence-corrected chi connectivity index (χ3v) is 8.04. The fourth-order valence-electron chi connectivity index (χ4n) is 5.70. The van der Waals surface area contributed by atoms with Crippen LogP contribution in [0.25, 0.3) is 0 Å². The fourth-order valence-corrected chi connectivity index (χ4v) is 5.70. The number of fused-ring (bicyclic) bond motifs is 1. The minimum atomic E-state index is -0.417. The number of benzene rings is 2. The number of esters is 1. The maximum Gasteiger partial charge on any atom is 0.337 e. The summed E-state index contributed by atoms with van der Waals surface area (Å²) in [6.45, 7) is 9.71. The maximum atomic E-state index is 11.7. The molecule has 0 N–H and O–H groups in total. The molecule has 2 aromatic rings. The molecule has 6 nitrogen and oxygen atoms in total. The predicted molar refractivity (Wildman–Crippen MR) is 136 cm³/mol. The zero-order chi connectivity index (χ0) is 25.3. The molecule has 0 radical (unpaired) electrons. The van der Waals surface area contributed by atoms with Gasteiger partial charge in [0.1, 0.15) is 17.0 Å². The topological polar surface area (TPSA) is 66.5 Å². The van der Waals surface area contributed by atoms with Gasteiger partial charge in [-0.3, -0.25) is 0 Å². The predicted octanol–water partition coefficient (Wildman–Crippen LogP) is 5.93. The average Bonchev–Trinajstić information content (AvgIpc) is 3.55. The Hall–Kier alpha value is -2.67. The van der Waals surface area contributed by atoms with Crippen LogP contribution in [0.1, 0.15) is 67.4 Å². The molecule has 2 aliphatic heterocycles. The first-order valence-corrected chi connectivity index (χ1v) is 12.9. The number of carbonyl (C=O) groups is 1. The summed E-state index contributed by atoms with van der Waals surface area (Å²) in [6.07, 6.45) is 4.68. The number of ether oxygens (including phenoxy) is 5. The molecule has 0 aromatic heterocycles. The number of allylic oxidation sites excluding steroid dienone is 1. The van der Waals surface area contributed by atoms with Crippen LogP contribution in [0.3, 0.4) is 0 Å². The van der Waals surface area contributed by atoms with Gasteiger partial charge in [-0.1, -0.05) is 36.4 Å². The van der Waals surface area contributed by atoms with E-state index in [4.69, 9.17) is 23.7 Å². The van der Waals surface area contributed by atoms with Crippen LogP contribution in [0.2, 0.25) is 0 Å². The van der Waals surface area contributed by atoms with E-state index >= 15 is 0 Å². The van der Waals surface area contributed by atoms with Crippen molar-refractivity contribution in [1.82, 2.24) is 0 Å². The van der Waals surface area contributed by atoms with Gasteiger partial charge >= 0.3 is 5.97 Å². The maximum absolute atomic E-state index is 11.7. The lowest BCUT2D eigenvalue weighted by Crippen LogP contribution is -2.43. The summed E-state index contributed by atoms with van der Waals surface area (Å²) in [5.74, 6) is 0.782. The Morgan fingerprint density at radius 3 is 2.50 bits per heavy atom. The van der Waals surface area contributed by atoms with Crippen molar-refractivity contribution in [3.8, 4) is 5.75 Å². The second-order valence-electron chi connectivity index (χ2n) is 10.4. The van der Waals surface area contributed by atoms with E-state index in [-0.39, 0.29) is 18.4 Å². The Kier molecular flexibility index (Phi) is 6.95. The Labute approximate surface area is 213 Å². The molecular weight excluding hydrogens is 456 g/mol. The number of methoxy groups -OCH3 is 1. The lowest BCUT2D eigenvalue weighted by atomic mass is 9.68. The van der Waals surface area contributed by atoms with E-state index in [0.29, 0.717) is 18.1 Å². The molecule has 36 heavy (non-hydrogen) atoms. The summed E-state index contributed by atoms with van der Waals surface area (Å²) >= 11 is 0. The van der Waals surface area contributed by atoms with E-state index in [1.165, 1.54) is 7.11 Å². The van der Waals surface area contributed by atoms with Crippen LogP contribution in [0, 0.1) is 5.92 Å². The molecule has 1 aliphatic carbocycles. The third kappa shape index (κ3) is 4.70. The summed E-state index contributed by atoms with van der Waals surface area (Å²) in [4.78, 5) is 11.7. The quantitative estimate of drug-likeness (QED) is 0.258. The van der Waals surface area contributed by atoms with E-state index in [9.17, 15) is 4.79 Å². The molecule has 2 aromatic carbocycles. The Morgan fingerprint density at radius 1 is 1.11 bits per heavy atom. The van der Waals surface area contributed by atoms with Gasteiger partial charge < -0.3 is 23.7 Å². The Bertz CT molecular complexity index is 1090. The number of rotatable bonds is 8. The number of hydrogen-bond acceptors (Lipinski definition) is 6. The van der Waals surface area contributed by atoms with Crippen LogP contribution in [0.4, 0.5) is 0 Å². The monoisotopic (exact) mass is 492 g/mol. The second-order valence-corrected chi connectivity index (χ2v) is 10.4. The van der Waals surface area contributed by atoms with Crippen molar-refractivity contribution in [3.63, 3.8) is 0 Å². The molecule has 1 unspecified atom stereocenters. The van der Waals surface area contributed by atoms with Gasteiger partial charge in [0.15, 0.2) is 6.29 Å². The number of carbonyl (C=O) groups excluding carboxylic acids is 1. The molecule has 0 spiro atoms. The van der Waals surface area contributed by atoms with Crippen molar-refractivity contribution in [1.29, 1.82) is 0 Å². The van der Waals surface area contributed by atoms with Gasteiger partial charge in [-0.25, -0.2) is 4.79 Å². The van der Waals surface area contributed by atoms with Crippen LogP contribution >= 0.6 is 0 Å². The Morgan fingerprint density at radius 2 is 1.86 bits per heavy atom. The van der Waals surface area contributed by atoms with Gasteiger partial charge in [0, 0.05) is 6.42 Å². The zero-order valence-electron chi connectivity index (χ0n) is 21.5. The van der Waals surface area contributed by atoms with Gasteiger partial charge in [-0.15, -0.1) is 0 Å². The van der Waals surface area contributed by atoms with Crippen LogP contribution in [-0.2, 0) is 31.2 Å². The molecule has 5 atom stereocenters. The lowest BCUT2D eigenvalue weighted by molar-refractivity contribution is -0.105. The molecule has 6 heteroatoms. The smallest absolute Gasteiger partial charge is 0.337 e. The van der Waals surface area contributed by atoms with Gasteiger partial charge in [0.05, 0.1) is 32.0 Å². The SMILES string of the molecule is C=C(C)[C@H]1C[C@@H](OCc2ccc(C(=O)OC)cc2)[C@]2(C)O[C@]2(c2ccc(OC3CCCCO3)cc2)C1. The first-order chi connectivity index (χ1) is 17.3. The summed E-state index contributed by atoms with van der Waals surface area (Å²) in [6, 6.07) is 15.6. The summed E-state index contributed by atoms with van der Waals surface area (Å²) in [5.41, 5.74) is 3.00. The van der Waals surface area contributed by atoms with Crippen LogP contribution in [0.15, 0.2) is 60.7 Å². The highest BCUT2D eigenvalue weighted by Gasteiger charge is 2.74. The van der Waals surface area contributed by atoms with E-state index in [1.54, 1.807) is 12.1 Å². The van der Waals surface area contributed by atoms with Gasteiger partial charge in [-0.05, 0) is 80.8 Å². The minimum Gasteiger partial charge on any atom is -0.465 e. The van der Waals surface area contributed by atoms with E-state index in [1.807, 2.05) is 24.3 Å². The highest BCUT2D eigenvalue weighted by molar-refractivity contribution is 5.89. The number of hydrogen-bond donors (Lipinski definition) is 0. The minimum absolute atomic E-state index is 0.0835. The molecule has 0 bridgehead atoms. The zero-order valence-corrected chi connectivity index (χ0v) is 21.5. The Balaban J connectivity index is 1.30. The summed E-state index contributed by atoms with van der Waals surface area (Å²) in [5, 5.41) is 0. The second kappa shape index (κ2) is 10.0. The average molecular weight is 493 g/mol. The van der Waals surface area contributed by atoms with Crippen molar-refractivity contribution in [2.45, 2.75) is 76.2 Å². The standard InChI is InChI=1S/C30H36O6/c1-20(2)23-17-26(34-19-21-8-10-22(11-9-21)28(31)32-4)29(3)30(18-23,36-29)24-12-14-25(15-13-24)35-27-7-5-6-16-33-27/h8-15,23,26-27H,1,5-7,16-19H2,2-4H3/t23-,26+,27?,29-,30-/m0/s1. The molecule has 1 saturated carbocycles. The van der Waals surface area contributed by atoms with Crippen molar-refractivity contribution < 1.29 is 28.5 Å². The van der Waals surface area contributed by atoms with Crippen LogP contribution in [0.5, 0.6) is 5.75 Å². The van der Waals surface area contributed by atoms with Crippen molar-refractivity contribution in [2.24, 2.45) is 5.92 Å². The molecule has 3 aliphatic rings. The molecule has 2 heterocycles. The lowest BCUT2D eigenvalue weighted by Gasteiger charge is -2.36. The molecule has 3 fully saturated rings. The largest absolute Gasteiger partial charge is 0.465 e. The van der Waals surface area contributed by atoms with Gasteiger partial charge in [0.2, 0.25) is 0 Å². The molecule has 192 valence electrons. The molecule has 0 amide bonds. The van der Waals surface area contributed by atoms with E-state index in [2.05, 4.69) is 32.6 Å². The van der Waals surface area contributed by atoms with Crippen molar-refractivity contribution in [3.05, 3.63) is 77.4 Å². The summed E-state index contributed by atoms with van der Waals surface area (Å²) in [7, 11) is 1.38. The highest BCUT2D eigenvalue weighted by Crippen LogP contribution is 2.66. The van der Waals surface area contributed by atoms with Crippen LogP contribution < -0.4 is 4.74 Å². The van der Waals surface area contributed by atoms with Crippen LogP contribution in [-0.4, -0.2) is 37.7 Å². The first-order valence-electron chi connectivity index (χ1n) is 12.9. The fraction of sp³-hybridized carbons (Fsp3) is 0.500. The molecule has 5 rings (SSSR count). The highest BCUT2D eigenvalue weighted by atomic mass is 16.7. The van der Waals surface area contributed by atoms with Gasteiger partial charge in [-0.2, -0.15) is 0 Å².